The molecule has 5 heteroatoms. The quantitative estimate of drug-likeness (QED) is 0.685. The number of methoxy groups -OCH3 is 2. The van der Waals surface area contributed by atoms with Crippen LogP contribution in [0.15, 0.2) is 18.2 Å². The van der Waals surface area contributed by atoms with Gasteiger partial charge in [-0.1, -0.05) is 23.7 Å². The van der Waals surface area contributed by atoms with Crippen LogP contribution < -0.4 is 4.90 Å². The Bertz CT molecular complexity index is 388. The summed E-state index contributed by atoms with van der Waals surface area (Å²) >= 11 is 12.4. The number of rotatable bonds is 8. The van der Waals surface area contributed by atoms with Crippen LogP contribution in [0.4, 0.5) is 5.69 Å². The van der Waals surface area contributed by atoms with Crippen molar-refractivity contribution in [3.63, 3.8) is 0 Å². The van der Waals surface area contributed by atoms with E-state index in [1.807, 2.05) is 18.2 Å². The van der Waals surface area contributed by atoms with Gasteiger partial charge in [0.05, 0.1) is 23.9 Å². The van der Waals surface area contributed by atoms with Crippen molar-refractivity contribution >= 4 is 28.9 Å². The zero-order valence-corrected chi connectivity index (χ0v) is 13.2. The molecule has 0 saturated heterocycles. The van der Waals surface area contributed by atoms with Gasteiger partial charge < -0.3 is 14.4 Å². The Morgan fingerprint density at radius 3 is 2.58 bits per heavy atom. The molecular formula is C14H21Cl2NO2. The highest BCUT2D eigenvalue weighted by Gasteiger charge is 2.19. The van der Waals surface area contributed by atoms with Crippen molar-refractivity contribution in [2.24, 2.45) is 0 Å². The number of benzene rings is 1. The van der Waals surface area contributed by atoms with Gasteiger partial charge in [-0.3, -0.25) is 0 Å². The SMILES string of the molecule is COCCN(c1c(Cl)cccc1CCl)C(C)COC. The molecule has 0 heterocycles. The van der Waals surface area contributed by atoms with Gasteiger partial charge in [-0.15, -0.1) is 11.6 Å². The van der Waals surface area contributed by atoms with Crippen LogP contribution in [0.1, 0.15) is 12.5 Å². The minimum absolute atomic E-state index is 0.196. The van der Waals surface area contributed by atoms with E-state index in [9.17, 15) is 0 Å². The van der Waals surface area contributed by atoms with Crippen molar-refractivity contribution in [2.45, 2.75) is 18.8 Å². The van der Waals surface area contributed by atoms with Gasteiger partial charge in [-0.25, -0.2) is 0 Å². The highest BCUT2D eigenvalue weighted by Crippen LogP contribution is 2.32. The molecule has 0 fully saturated rings. The van der Waals surface area contributed by atoms with Crippen LogP contribution in [0.3, 0.4) is 0 Å². The molecule has 0 aliphatic rings. The lowest BCUT2D eigenvalue weighted by molar-refractivity contribution is 0.171. The molecule has 1 rings (SSSR count). The zero-order valence-electron chi connectivity index (χ0n) is 11.7. The monoisotopic (exact) mass is 305 g/mol. The summed E-state index contributed by atoms with van der Waals surface area (Å²) in [7, 11) is 3.38. The fraction of sp³-hybridized carbons (Fsp3) is 0.571. The number of alkyl halides is 1. The molecule has 0 aliphatic heterocycles. The average Bonchev–Trinajstić information content (AvgIpc) is 2.40. The molecule has 1 aromatic carbocycles. The Labute approximate surface area is 125 Å². The Balaban J connectivity index is 3.08. The highest BCUT2D eigenvalue weighted by atomic mass is 35.5. The second kappa shape index (κ2) is 8.64. The molecular weight excluding hydrogens is 285 g/mol. The van der Waals surface area contributed by atoms with Crippen molar-refractivity contribution in [3.05, 3.63) is 28.8 Å². The number of halogens is 2. The maximum Gasteiger partial charge on any atom is 0.0663 e. The molecule has 0 spiro atoms. The summed E-state index contributed by atoms with van der Waals surface area (Å²) in [6, 6.07) is 5.99. The van der Waals surface area contributed by atoms with Gasteiger partial charge in [0.15, 0.2) is 0 Å². The van der Waals surface area contributed by atoms with E-state index in [-0.39, 0.29) is 6.04 Å². The predicted octanol–water partition coefficient (Wildman–Crippen LogP) is 3.57. The number of hydrogen-bond donors (Lipinski definition) is 0. The first kappa shape index (κ1) is 16.6. The number of nitrogens with zero attached hydrogens (tertiary/aromatic N) is 1. The van der Waals surface area contributed by atoms with Crippen molar-refractivity contribution in [1.29, 1.82) is 0 Å². The number of anilines is 1. The van der Waals surface area contributed by atoms with Crippen LogP contribution >= 0.6 is 23.2 Å². The molecule has 0 radical (unpaired) electrons. The molecule has 3 nitrogen and oxygen atoms in total. The first-order chi connectivity index (χ1) is 9.15. The molecule has 1 unspecified atom stereocenters. The summed E-state index contributed by atoms with van der Waals surface area (Å²) in [5.74, 6) is 0.430. The number of para-hydroxylation sites is 1. The third-order valence-corrected chi connectivity index (χ3v) is 3.57. The van der Waals surface area contributed by atoms with E-state index in [0.717, 1.165) is 17.8 Å². The first-order valence-corrected chi connectivity index (χ1v) is 7.14. The molecule has 0 saturated carbocycles. The van der Waals surface area contributed by atoms with Crippen LogP contribution in [-0.4, -0.2) is 40.0 Å². The van der Waals surface area contributed by atoms with Crippen LogP contribution in [0, 0.1) is 0 Å². The molecule has 0 aliphatic carbocycles. The van der Waals surface area contributed by atoms with E-state index in [2.05, 4.69) is 11.8 Å². The summed E-state index contributed by atoms with van der Waals surface area (Å²) in [6.45, 7) is 4.09. The van der Waals surface area contributed by atoms with E-state index in [1.165, 1.54) is 0 Å². The largest absolute Gasteiger partial charge is 0.383 e. The average molecular weight is 306 g/mol. The van der Waals surface area contributed by atoms with Crippen molar-refractivity contribution in [3.8, 4) is 0 Å². The summed E-state index contributed by atoms with van der Waals surface area (Å²) in [5.41, 5.74) is 1.99. The standard InChI is InChI=1S/C14H21Cl2NO2/c1-11(10-19-3)17(7-8-18-2)14-12(9-15)5-4-6-13(14)16/h4-6,11H,7-10H2,1-3H3. The van der Waals surface area contributed by atoms with E-state index >= 15 is 0 Å². The lowest BCUT2D eigenvalue weighted by Crippen LogP contribution is -2.39. The van der Waals surface area contributed by atoms with Crippen molar-refractivity contribution in [2.75, 3.05) is 38.9 Å². The van der Waals surface area contributed by atoms with Gasteiger partial charge in [-0.2, -0.15) is 0 Å². The number of ether oxygens (including phenoxy) is 2. The zero-order chi connectivity index (χ0) is 14.3. The second-order valence-corrected chi connectivity index (χ2v) is 5.05. The highest BCUT2D eigenvalue weighted by molar-refractivity contribution is 6.33. The smallest absolute Gasteiger partial charge is 0.0663 e. The first-order valence-electron chi connectivity index (χ1n) is 6.23. The molecule has 108 valence electrons. The van der Waals surface area contributed by atoms with Crippen LogP contribution in [0.5, 0.6) is 0 Å². The van der Waals surface area contributed by atoms with Gasteiger partial charge in [-0.05, 0) is 18.6 Å². The fourth-order valence-electron chi connectivity index (χ4n) is 2.06. The molecule has 0 N–H and O–H groups in total. The Morgan fingerprint density at radius 2 is 2.00 bits per heavy atom. The molecule has 0 aromatic heterocycles. The van der Waals surface area contributed by atoms with E-state index in [0.29, 0.717) is 24.1 Å². The van der Waals surface area contributed by atoms with Gasteiger partial charge in [0.2, 0.25) is 0 Å². The minimum atomic E-state index is 0.196. The minimum Gasteiger partial charge on any atom is -0.383 e. The molecule has 19 heavy (non-hydrogen) atoms. The topological polar surface area (TPSA) is 21.7 Å². The van der Waals surface area contributed by atoms with Crippen LogP contribution in [-0.2, 0) is 15.4 Å². The predicted molar refractivity (Wildman–Crippen MR) is 81.6 cm³/mol. The molecule has 0 bridgehead atoms. The Hall–Kier alpha value is -0.480. The van der Waals surface area contributed by atoms with E-state index in [1.54, 1.807) is 14.2 Å². The maximum atomic E-state index is 6.34. The summed E-state index contributed by atoms with van der Waals surface area (Å²) < 4.78 is 10.4. The van der Waals surface area contributed by atoms with Gasteiger partial charge in [0, 0.05) is 32.7 Å². The van der Waals surface area contributed by atoms with E-state index in [4.69, 9.17) is 32.7 Å². The third-order valence-electron chi connectivity index (χ3n) is 2.98. The maximum absolute atomic E-state index is 6.34. The lowest BCUT2D eigenvalue weighted by Gasteiger charge is -2.33. The van der Waals surface area contributed by atoms with Gasteiger partial charge >= 0.3 is 0 Å². The Kier molecular flexibility index (Phi) is 7.54. The van der Waals surface area contributed by atoms with Crippen LogP contribution in [0.25, 0.3) is 0 Å². The Morgan fingerprint density at radius 1 is 1.26 bits per heavy atom. The fourth-order valence-corrected chi connectivity index (χ4v) is 2.58. The summed E-state index contributed by atoms with van der Waals surface area (Å²) in [6.07, 6.45) is 0. The van der Waals surface area contributed by atoms with Crippen molar-refractivity contribution in [1.82, 2.24) is 0 Å². The van der Waals surface area contributed by atoms with Gasteiger partial charge in [0.1, 0.15) is 0 Å². The summed E-state index contributed by atoms with van der Waals surface area (Å²) in [4.78, 5) is 2.19. The number of hydrogen-bond acceptors (Lipinski definition) is 3. The third kappa shape index (κ3) is 4.53. The summed E-state index contributed by atoms with van der Waals surface area (Å²) in [5, 5.41) is 0.706. The lowest BCUT2D eigenvalue weighted by atomic mass is 10.1. The van der Waals surface area contributed by atoms with Gasteiger partial charge in [0.25, 0.3) is 0 Å². The molecule has 1 aromatic rings. The molecule has 0 amide bonds. The van der Waals surface area contributed by atoms with Crippen LogP contribution in [0.2, 0.25) is 5.02 Å². The van der Waals surface area contributed by atoms with E-state index < -0.39 is 0 Å². The van der Waals surface area contributed by atoms with Crippen molar-refractivity contribution < 1.29 is 9.47 Å². The second-order valence-electron chi connectivity index (χ2n) is 4.37. The normalized spacial score (nSPS) is 12.5. The molecule has 1 atom stereocenters.